The molecule has 0 aliphatic rings. The van der Waals surface area contributed by atoms with Gasteiger partial charge in [-0.2, -0.15) is 39.5 Å². The molecular formula is C24H17F10NO6S. The molecule has 2 aromatic rings. The predicted octanol–water partition coefficient (Wildman–Crippen LogP) is 5.93. The second kappa shape index (κ2) is 11.4. The molecule has 0 bridgehead atoms. The highest BCUT2D eigenvalue weighted by molar-refractivity contribution is 7.91. The largest absolute Gasteiger partial charge is 0.465 e. The molecule has 2 rings (SSSR count). The molecule has 0 atom stereocenters. The Morgan fingerprint density at radius 2 is 1.38 bits per heavy atom. The quantitative estimate of drug-likeness (QED) is 0.212. The van der Waals surface area contributed by atoms with E-state index in [1.54, 1.807) is 0 Å². The average Bonchev–Trinajstić information content (AvgIpc) is 2.85. The van der Waals surface area contributed by atoms with Crippen LogP contribution in [0.5, 0.6) is 0 Å². The average molecular weight is 637 g/mol. The highest BCUT2D eigenvalue weighted by atomic mass is 32.2. The molecule has 0 radical (unpaired) electrons. The fraction of sp³-hybridized carbons (Fsp3) is 0.292. The van der Waals surface area contributed by atoms with Gasteiger partial charge in [-0.05, 0) is 30.3 Å². The summed E-state index contributed by atoms with van der Waals surface area (Å²) in [5, 5.41) is 0. The third-order valence-electron chi connectivity index (χ3n) is 5.55. The number of hydrogen-bond acceptors (Lipinski definition) is 6. The van der Waals surface area contributed by atoms with Gasteiger partial charge in [0.2, 0.25) is 5.91 Å². The number of methoxy groups -OCH3 is 1. The molecule has 0 saturated carbocycles. The molecule has 2 amide bonds. The maximum atomic E-state index is 14.7. The van der Waals surface area contributed by atoms with Crippen LogP contribution in [0.4, 0.5) is 49.6 Å². The first-order valence-electron chi connectivity index (χ1n) is 10.9. The number of hydrogen-bond donors (Lipinski definition) is 0. The van der Waals surface area contributed by atoms with Crippen molar-refractivity contribution in [3.05, 3.63) is 71.3 Å². The van der Waals surface area contributed by atoms with E-state index in [-0.39, 0.29) is 35.2 Å². The summed E-state index contributed by atoms with van der Waals surface area (Å²) in [5.41, 5.74) is -13.4. The highest BCUT2D eigenvalue weighted by Gasteiger charge is 2.73. The molecule has 0 spiro atoms. The topological polar surface area (TPSA) is 97.8 Å². The van der Waals surface area contributed by atoms with Gasteiger partial charge in [0.25, 0.3) is 5.91 Å². The lowest BCUT2D eigenvalue weighted by molar-refractivity contribution is -0.348. The number of nitrogens with zero attached hydrogens (tertiary/aromatic N) is 1. The number of anilines is 1. The lowest BCUT2D eigenvalue weighted by Crippen LogP contribution is -2.50. The Morgan fingerprint density at radius 1 is 0.857 bits per heavy atom. The highest BCUT2D eigenvalue weighted by Crippen LogP contribution is 2.53. The normalized spacial score (nSPS) is 13.0. The molecular weight excluding hydrogens is 620 g/mol. The summed E-state index contributed by atoms with van der Waals surface area (Å²) in [4.78, 5) is 36.9. The van der Waals surface area contributed by atoms with Crippen molar-refractivity contribution in [1.29, 1.82) is 0 Å². The molecule has 0 fully saturated rings. The second-order valence-electron chi connectivity index (χ2n) is 8.32. The summed E-state index contributed by atoms with van der Waals surface area (Å²) in [6, 6.07) is 0.380. The van der Waals surface area contributed by atoms with Crippen molar-refractivity contribution in [2.24, 2.45) is 0 Å². The van der Waals surface area contributed by atoms with Gasteiger partial charge in [-0.25, -0.2) is 22.5 Å². The SMILES string of the molecule is C=CCS(=O)(=O)c1cc(C(F)(F)F)ccc1C(=O)N(C(C)=O)c1ccc(C(F)(C(F)(F)F)C(F)(F)F)cc1C(=O)OC. The van der Waals surface area contributed by atoms with Crippen molar-refractivity contribution in [1.82, 2.24) is 0 Å². The molecule has 18 heteroatoms. The second-order valence-corrected chi connectivity index (χ2v) is 10.3. The molecule has 7 nitrogen and oxygen atoms in total. The summed E-state index contributed by atoms with van der Waals surface area (Å²) in [5.74, 6) is -5.99. The Labute approximate surface area is 230 Å². The first-order valence-corrected chi connectivity index (χ1v) is 12.6. The van der Waals surface area contributed by atoms with E-state index in [9.17, 15) is 66.7 Å². The van der Waals surface area contributed by atoms with Gasteiger partial charge >= 0.3 is 30.2 Å². The fourth-order valence-electron chi connectivity index (χ4n) is 3.63. The number of carbonyl (C=O) groups is 3. The summed E-state index contributed by atoms with van der Waals surface area (Å²) in [6.07, 6.45) is -17.6. The first kappa shape index (κ1) is 34.2. The summed E-state index contributed by atoms with van der Waals surface area (Å²) < 4.78 is 164. The van der Waals surface area contributed by atoms with Crippen LogP contribution in [0.1, 0.15) is 38.8 Å². The van der Waals surface area contributed by atoms with Gasteiger partial charge in [0, 0.05) is 12.5 Å². The number of amides is 2. The molecule has 0 saturated heterocycles. The van der Waals surface area contributed by atoms with Gasteiger partial charge in [-0.15, -0.1) is 6.58 Å². The lowest BCUT2D eigenvalue weighted by Gasteiger charge is -2.31. The van der Waals surface area contributed by atoms with E-state index in [0.29, 0.717) is 20.1 Å². The van der Waals surface area contributed by atoms with E-state index in [0.717, 1.165) is 6.08 Å². The van der Waals surface area contributed by atoms with Gasteiger partial charge < -0.3 is 4.74 Å². The summed E-state index contributed by atoms with van der Waals surface area (Å²) in [6.45, 7) is 3.72. The number of sulfone groups is 1. The molecule has 0 N–H and O–H groups in total. The van der Waals surface area contributed by atoms with E-state index in [4.69, 9.17) is 0 Å². The molecule has 0 aliphatic heterocycles. The fourth-order valence-corrected chi connectivity index (χ4v) is 4.91. The van der Waals surface area contributed by atoms with Gasteiger partial charge in [-0.1, -0.05) is 12.1 Å². The number of esters is 1. The van der Waals surface area contributed by atoms with Crippen molar-refractivity contribution in [3.63, 3.8) is 0 Å². The number of halogens is 10. The molecule has 0 aliphatic carbocycles. The van der Waals surface area contributed by atoms with Crippen molar-refractivity contribution < 1.29 is 71.4 Å². The number of ether oxygens (including phenoxy) is 1. The Hall–Kier alpha value is -3.96. The minimum absolute atomic E-state index is 0.0544. The zero-order valence-corrected chi connectivity index (χ0v) is 21.9. The molecule has 230 valence electrons. The van der Waals surface area contributed by atoms with E-state index >= 15 is 0 Å². The number of rotatable bonds is 7. The Bertz CT molecular complexity index is 1510. The lowest BCUT2D eigenvalue weighted by atomic mass is 9.91. The first-order chi connectivity index (χ1) is 19.0. The minimum atomic E-state index is -6.62. The van der Waals surface area contributed by atoms with Crippen LogP contribution in [-0.4, -0.2) is 51.4 Å². The minimum Gasteiger partial charge on any atom is -0.465 e. The van der Waals surface area contributed by atoms with Crippen molar-refractivity contribution in [3.8, 4) is 0 Å². The third kappa shape index (κ3) is 6.27. The van der Waals surface area contributed by atoms with E-state index in [2.05, 4.69) is 11.3 Å². The van der Waals surface area contributed by atoms with E-state index in [1.807, 2.05) is 0 Å². The van der Waals surface area contributed by atoms with Crippen molar-refractivity contribution in [2.45, 2.75) is 36.0 Å². The Balaban J connectivity index is 2.94. The van der Waals surface area contributed by atoms with Gasteiger partial charge in [-0.3, -0.25) is 9.59 Å². The predicted molar refractivity (Wildman–Crippen MR) is 124 cm³/mol. The standard InChI is InChI=1S/C24H17F10NO6S/c1-4-9-42(39,40)18-11-14(22(26,27)28)5-7-15(18)19(37)35(12(2)36)17-8-6-13(10-16(17)20(38)41-3)21(25,23(29,30)31)24(32,33)34/h4-8,10-11H,1,9H2,2-3H3. The van der Waals surface area contributed by atoms with E-state index in [1.165, 1.54) is 0 Å². The Kier molecular flexibility index (Phi) is 9.27. The molecule has 0 unspecified atom stereocenters. The van der Waals surface area contributed by atoms with Crippen LogP contribution in [0.25, 0.3) is 0 Å². The van der Waals surface area contributed by atoms with Crippen LogP contribution < -0.4 is 4.90 Å². The van der Waals surface area contributed by atoms with Crippen LogP contribution in [0.2, 0.25) is 0 Å². The van der Waals surface area contributed by atoms with Gasteiger partial charge in [0.15, 0.2) is 9.84 Å². The van der Waals surface area contributed by atoms with Crippen LogP contribution in [0, 0.1) is 0 Å². The number of imide groups is 1. The molecule has 0 heterocycles. The van der Waals surface area contributed by atoms with E-state index < -0.39 is 90.4 Å². The number of alkyl halides is 10. The van der Waals surface area contributed by atoms with Crippen molar-refractivity contribution >= 4 is 33.3 Å². The zero-order valence-electron chi connectivity index (χ0n) is 21.0. The number of carbonyl (C=O) groups excluding carboxylic acids is 3. The zero-order chi connectivity index (χ0) is 32.6. The summed E-state index contributed by atoms with van der Waals surface area (Å²) in [7, 11) is -4.18. The summed E-state index contributed by atoms with van der Waals surface area (Å²) >= 11 is 0. The molecule has 0 aromatic heterocycles. The van der Waals surface area contributed by atoms with Crippen LogP contribution >= 0.6 is 0 Å². The van der Waals surface area contributed by atoms with Crippen LogP contribution in [0.15, 0.2) is 53.9 Å². The van der Waals surface area contributed by atoms with Crippen molar-refractivity contribution in [2.75, 3.05) is 17.8 Å². The maximum Gasteiger partial charge on any atom is 0.435 e. The van der Waals surface area contributed by atoms with Gasteiger partial charge in [0.1, 0.15) is 0 Å². The number of benzene rings is 2. The third-order valence-corrected chi connectivity index (χ3v) is 7.23. The van der Waals surface area contributed by atoms with Crippen LogP contribution in [-0.2, 0) is 31.2 Å². The van der Waals surface area contributed by atoms with Gasteiger partial charge in [0.05, 0.1) is 40.1 Å². The monoisotopic (exact) mass is 637 g/mol. The molecule has 42 heavy (non-hydrogen) atoms. The smallest absolute Gasteiger partial charge is 0.435 e. The Morgan fingerprint density at radius 3 is 1.81 bits per heavy atom. The molecule has 2 aromatic carbocycles. The maximum absolute atomic E-state index is 14.7. The van der Waals surface area contributed by atoms with Crippen LogP contribution in [0.3, 0.4) is 0 Å².